The van der Waals surface area contributed by atoms with Gasteiger partial charge in [0.05, 0.1) is 22.7 Å². The van der Waals surface area contributed by atoms with Crippen LogP contribution in [-0.4, -0.2) is 22.1 Å². The normalized spacial score (nSPS) is 11.3. The number of ether oxygens (including phenoxy) is 2. The number of alkyl halides is 2. The molecule has 5 nitrogen and oxygen atoms in total. The molecule has 0 saturated heterocycles. The van der Waals surface area contributed by atoms with E-state index in [4.69, 9.17) is 16.3 Å². The third-order valence-corrected chi connectivity index (χ3v) is 4.44. The number of rotatable bonds is 6. The summed E-state index contributed by atoms with van der Waals surface area (Å²) < 4.78 is 60.6. The van der Waals surface area contributed by atoms with E-state index in [1.54, 1.807) is 18.2 Å². The van der Waals surface area contributed by atoms with Gasteiger partial charge in [-0.3, -0.25) is 4.72 Å². The molecule has 0 aliphatic heterocycles. The lowest BCUT2D eigenvalue weighted by Crippen LogP contribution is -2.14. The van der Waals surface area contributed by atoms with Crippen molar-refractivity contribution in [2.45, 2.75) is 11.5 Å². The summed E-state index contributed by atoms with van der Waals surface area (Å²) in [5.74, 6) is 0.0257. The first kappa shape index (κ1) is 17.3. The first-order chi connectivity index (χ1) is 10.8. The van der Waals surface area contributed by atoms with Gasteiger partial charge in [0.15, 0.2) is 0 Å². The molecule has 0 fully saturated rings. The third kappa shape index (κ3) is 4.23. The fourth-order valence-corrected chi connectivity index (χ4v) is 3.16. The number of para-hydroxylation sites is 2. The summed E-state index contributed by atoms with van der Waals surface area (Å²) in [5, 5.41) is -0.242. The van der Waals surface area contributed by atoms with Crippen LogP contribution in [0.15, 0.2) is 47.4 Å². The minimum Gasteiger partial charge on any atom is -0.495 e. The predicted molar refractivity (Wildman–Crippen MR) is 81.9 cm³/mol. The van der Waals surface area contributed by atoms with E-state index in [1.165, 1.54) is 13.2 Å². The Labute approximate surface area is 136 Å². The second kappa shape index (κ2) is 7.01. The molecule has 0 unspecified atom stereocenters. The Morgan fingerprint density at radius 1 is 1.13 bits per heavy atom. The average molecular weight is 364 g/mol. The number of anilines is 1. The third-order valence-electron chi connectivity index (χ3n) is 2.78. The summed E-state index contributed by atoms with van der Waals surface area (Å²) in [6.45, 7) is -3.05. The molecule has 0 spiro atoms. The second-order valence-corrected chi connectivity index (χ2v) is 6.37. The second-order valence-electron chi connectivity index (χ2n) is 4.28. The Morgan fingerprint density at radius 3 is 2.43 bits per heavy atom. The van der Waals surface area contributed by atoms with Crippen molar-refractivity contribution in [2.24, 2.45) is 0 Å². The zero-order chi connectivity index (χ0) is 17.0. The molecule has 9 heteroatoms. The summed E-state index contributed by atoms with van der Waals surface area (Å²) >= 11 is 5.77. The van der Waals surface area contributed by atoms with E-state index in [1.807, 2.05) is 0 Å². The van der Waals surface area contributed by atoms with E-state index in [2.05, 4.69) is 9.46 Å². The van der Waals surface area contributed by atoms with Gasteiger partial charge >= 0.3 is 6.61 Å². The van der Waals surface area contributed by atoms with Crippen LogP contribution in [0.5, 0.6) is 11.5 Å². The van der Waals surface area contributed by atoms with Crippen molar-refractivity contribution in [3.8, 4) is 11.5 Å². The number of halogens is 3. The quantitative estimate of drug-likeness (QED) is 0.849. The molecule has 0 saturated carbocycles. The monoisotopic (exact) mass is 363 g/mol. The Hall–Kier alpha value is -2.06. The maximum atomic E-state index is 12.3. The van der Waals surface area contributed by atoms with Crippen molar-refractivity contribution in [1.82, 2.24) is 0 Å². The van der Waals surface area contributed by atoms with Gasteiger partial charge in [-0.05, 0) is 30.3 Å². The smallest absolute Gasteiger partial charge is 0.387 e. The van der Waals surface area contributed by atoms with E-state index >= 15 is 0 Å². The fourth-order valence-electron chi connectivity index (χ4n) is 1.77. The zero-order valence-corrected chi connectivity index (χ0v) is 13.4. The molecule has 0 radical (unpaired) electrons. The van der Waals surface area contributed by atoms with Crippen LogP contribution in [0.3, 0.4) is 0 Å². The van der Waals surface area contributed by atoms with Crippen molar-refractivity contribution in [1.29, 1.82) is 0 Å². The van der Waals surface area contributed by atoms with E-state index in [-0.39, 0.29) is 21.4 Å². The molecule has 23 heavy (non-hydrogen) atoms. The molecule has 0 atom stereocenters. The lowest BCUT2D eigenvalue weighted by atomic mass is 10.3. The number of benzene rings is 2. The van der Waals surface area contributed by atoms with E-state index < -0.39 is 16.6 Å². The molecule has 2 aromatic carbocycles. The molecular formula is C14H12ClF2NO4S. The molecule has 0 heterocycles. The summed E-state index contributed by atoms with van der Waals surface area (Å²) in [6, 6.07) is 9.62. The predicted octanol–water partition coefficient (Wildman–Crippen LogP) is 3.75. The molecular weight excluding hydrogens is 352 g/mol. The lowest BCUT2D eigenvalue weighted by molar-refractivity contribution is -0.0498. The van der Waals surface area contributed by atoms with Gasteiger partial charge in [0.25, 0.3) is 10.0 Å². The SMILES string of the molecule is COc1ccccc1NS(=O)(=O)c1ccc(OC(F)F)c(Cl)c1. The summed E-state index contributed by atoms with van der Waals surface area (Å²) in [5.41, 5.74) is 0.235. The highest BCUT2D eigenvalue weighted by molar-refractivity contribution is 7.92. The highest BCUT2D eigenvalue weighted by atomic mass is 35.5. The number of sulfonamides is 1. The molecule has 0 aromatic heterocycles. The molecule has 124 valence electrons. The Kier molecular flexibility index (Phi) is 5.27. The minimum absolute atomic E-state index is 0.199. The van der Waals surface area contributed by atoms with Crippen LogP contribution in [0.4, 0.5) is 14.5 Å². The maximum Gasteiger partial charge on any atom is 0.387 e. The van der Waals surface area contributed by atoms with Crippen LogP contribution in [0, 0.1) is 0 Å². The number of methoxy groups -OCH3 is 1. The van der Waals surface area contributed by atoms with Gasteiger partial charge in [-0.25, -0.2) is 8.42 Å². The van der Waals surface area contributed by atoms with Gasteiger partial charge in [-0.15, -0.1) is 0 Å². The van der Waals surface area contributed by atoms with E-state index in [9.17, 15) is 17.2 Å². The minimum atomic E-state index is -3.97. The van der Waals surface area contributed by atoms with Crippen LogP contribution < -0.4 is 14.2 Å². The fraction of sp³-hybridized carbons (Fsp3) is 0.143. The van der Waals surface area contributed by atoms with Crippen molar-refractivity contribution in [3.63, 3.8) is 0 Å². The van der Waals surface area contributed by atoms with Crippen LogP contribution >= 0.6 is 11.6 Å². The van der Waals surface area contributed by atoms with Gasteiger partial charge in [-0.1, -0.05) is 23.7 Å². The summed E-state index contributed by atoms with van der Waals surface area (Å²) in [6.07, 6.45) is 0. The van der Waals surface area contributed by atoms with Crippen LogP contribution in [0.25, 0.3) is 0 Å². The van der Waals surface area contributed by atoms with Crippen molar-refractivity contribution in [3.05, 3.63) is 47.5 Å². The van der Waals surface area contributed by atoms with Crippen molar-refractivity contribution >= 4 is 27.3 Å². The largest absolute Gasteiger partial charge is 0.495 e. The van der Waals surface area contributed by atoms with E-state index in [0.29, 0.717) is 5.75 Å². The van der Waals surface area contributed by atoms with Gasteiger partial charge in [0.1, 0.15) is 11.5 Å². The molecule has 0 bridgehead atoms. The summed E-state index contributed by atoms with van der Waals surface area (Å²) in [7, 11) is -2.57. The average Bonchev–Trinajstić information content (AvgIpc) is 2.49. The van der Waals surface area contributed by atoms with Crippen molar-refractivity contribution in [2.75, 3.05) is 11.8 Å². The molecule has 1 N–H and O–H groups in total. The molecule has 0 aliphatic carbocycles. The van der Waals surface area contributed by atoms with Gasteiger partial charge in [0, 0.05) is 0 Å². The molecule has 0 aliphatic rings. The Balaban J connectivity index is 2.31. The standard InChI is InChI=1S/C14H12ClF2NO4S/c1-21-13-5-3-2-4-11(13)18-23(19,20)9-6-7-12(10(15)8-9)22-14(16)17/h2-8,14,18H,1H3. The number of nitrogens with one attached hydrogen (secondary N) is 1. The molecule has 2 rings (SSSR count). The van der Waals surface area contributed by atoms with Gasteiger partial charge in [-0.2, -0.15) is 8.78 Å². The maximum absolute atomic E-state index is 12.3. The number of hydrogen-bond donors (Lipinski definition) is 1. The topological polar surface area (TPSA) is 64.6 Å². The highest BCUT2D eigenvalue weighted by Gasteiger charge is 2.19. The lowest BCUT2D eigenvalue weighted by Gasteiger charge is -2.13. The molecule has 0 amide bonds. The summed E-state index contributed by atoms with van der Waals surface area (Å²) in [4.78, 5) is -0.199. The zero-order valence-electron chi connectivity index (χ0n) is 11.8. The van der Waals surface area contributed by atoms with E-state index in [0.717, 1.165) is 18.2 Å². The van der Waals surface area contributed by atoms with Crippen LogP contribution in [0.2, 0.25) is 5.02 Å². The Morgan fingerprint density at radius 2 is 1.83 bits per heavy atom. The van der Waals surface area contributed by atoms with Crippen LogP contribution in [0.1, 0.15) is 0 Å². The first-order valence-electron chi connectivity index (χ1n) is 6.23. The number of hydrogen-bond acceptors (Lipinski definition) is 4. The first-order valence-corrected chi connectivity index (χ1v) is 8.10. The highest BCUT2D eigenvalue weighted by Crippen LogP contribution is 2.31. The van der Waals surface area contributed by atoms with Crippen molar-refractivity contribution < 1.29 is 26.7 Å². The van der Waals surface area contributed by atoms with Gasteiger partial charge in [0.2, 0.25) is 0 Å². The Bertz CT molecular complexity index is 799. The molecule has 2 aromatic rings. The van der Waals surface area contributed by atoms with Gasteiger partial charge < -0.3 is 9.47 Å². The van der Waals surface area contributed by atoms with Crippen LogP contribution in [-0.2, 0) is 10.0 Å².